The lowest BCUT2D eigenvalue weighted by Crippen LogP contribution is -2.22. The Hall–Kier alpha value is -2.80. The fourth-order valence-corrected chi connectivity index (χ4v) is 3.95. The number of aryl methyl sites for hydroxylation is 1. The molecule has 2 aromatic carbocycles. The third-order valence-corrected chi connectivity index (χ3v) is 5.54. The van der Waals surface area contributed by atoms with E-state index < -0.39 is 0 Å². The van der Waals surface area contributed by atoms with Crippen LogP contribution in [0.2, 0.25) is 0 Å². The number of fused-ring (bicyclic) bond motifs is 3. The van der Waals surface area contributed by atoms with E-state index in [9.17, 15) is 4.79 Å². The zero-order valence-corrected chi connectivity index (χ0v) is 16.3. The van der Waals surface area contributed by atoms with Crippen molar-refractivity contribution in [2.24, 2.45) is 0 Å². The molecule has 0 saturated carbocycles. The van der Waals surface area contributed by atoms with Gasteiger partial charge in [-0.15, -0.1) is 10.2 Å². The van der Waals surface area contributed by atoms with E-state index >= 15 is 0 Å². The normalized spacial score (nSPS) is 11.4. The molecule has 0 radical (unpaired) electrons. The highest BCUT2D eigenvalue weighted by atomic mass is 32.2. The van der Waals surface area contributed by atoms with Gasteiger partial charge < -0.3 is 4.74 Å². The molecule has 27 heavy (non-hydrogen) atoms. The van der Waals surface area contributed by atoms with Crippen molar-refractivity contribution in [3.63, 3.8) is 0 Å². The molecule has 6 nitrogen and oxygen atoms in total. The monoisotopic (exact) mass is 380 g/mol. The van der Waals surface area contributed by atoms with Gasteiger partial charge >= 0.3 is 0 Å². The summed E-state index contributed by atoms with van der Waals surface area (Å²) in [4.78, 5) is 13.4. The van der Waals surface area contributed by atoms with Crippen LogP contribution in [0.1, 0.15) is 18.9 Å². The minimum absolute atomic E-state index is 0.138. The van der Waals surface area contributed by atoms with Crippen LogP contribution in [0, 0.1) is 6.92 Å². The Kier molecular flexibility index (Phi) is 4.61. The topological polar surface area (TPSA) is 61.4 Å². The van der Waals surface area contributed by atoms with E-state index in [1.165, 1.54) is 0 Å². The predicted molar refractivity (Wildman–Crippen MR) is 108 cm³/mol. The minimum atomic E-state index is -0.138. The van der Waals surface area contributed by atoms with Crippen molar-refractivity contribution >= 4 is 28.4 Å². The Balaban J connectivity index is 2.15. The SMILES string of the molecule is CCCSc1nnc2n(-c3cc(C)ccc3OC)c(=O)c3ccccc3n12. The molecule has 0 bridgehead atoms. The fourth-order valence-electron chi connectivity index (χ4n) is 3.16. The van der Waals surface area contributed by atoms with Crippen molar-refractivity contribution in [1.29, 1.82) is 0 Å². The maximum Gasteiger partial charge on any atom is 0.267 e. The molecule has 2 aromatic heterocycles. The molecule has 7 heteroatoms. The van der Waals surface area contributed by atoms with Gasteiger partial charge in [0, 0.05) is 5.75 Å². The highest BCUT2D eigenvalue weighted by Gasteiger charge is 2.19. The zero-order valence-electron chi connectivity index (χ0n) is 15.5. The van der Waals surface area contributed by atoms with Crippen LogP contribution < -0.4 is 10.3 Å². The van der Waals surface area contributed by atoms with Crippen molar-refractivity contribution in [2.75, 3.05) is 12.9 Å². The first-order valence-corrected chi connectivity index (χ1v) is 9.81. The molecule has 0 atom stereocenters. The number of ether oxygens (including phenoxy) is 1. The van der Waals surface area contributed by atoms with Gasteiger partial charge in [0.2, 0.25) is 5.78 Å². The van der Waals surface area contributed by atoms with Gasteiger partial charge in [0.25, 0.3) is 5.56 Å². The molecule has 138 valence electrons. The summed E-state index contributed by atoms with van der Waals surface area (Å²) in [6, 6.07) is 13.3. The van der Waals surface area contributed by atoms with E-state index in [0.29, 0.717) is 22.6 Å². The molecule has 0 aliphatic carbocycles. The van der Waals surface area contributed by atoms with Crippen LogP contribution in [0.15, 0.2) is 52.4 Å². The minimum Gasteiger partial charge on any atom is -0.495 e. The molecule has 2 heterocycles. The van der Waals surface area contributed by atoms with Crippen molar-refractivity contribution in [1.82, 2.24) is 19.2 Å². The number of methoxy groups -OCH3 is 1. The Morgan fingerprint density at radius 1 is 1.15 bits per heavy atom. The molecule has 0 aliphatic heterocycles. The average molecular weight is 380 g/mol. The van der Waals surface area contributed by atoms with Gasteiger partial charge in [-0.3, -0.25) is 9.20 Å². The van der Waals surface area contributed by atoms with Gasteiger partial charge in [-0.2, -0.15) is 0 Å². The lowest BCUT2D eigenvalue weighted by atomic mass is 10.2. The first-order chi connectivity index (χ1) is 13.2. The summed E-state index contributed by atoms with van der Waals surface area (Å²) >= 11 is 1.64. The summed E-state index contributed by atoms with van der Waals surface area (Å²) in [5, 5.41) is 10.1. The Labute approximate surface area is 160 Å². The van der Waals surface area contributed by atoms with Crippen LogP contribution in [0.25, 0.3) is 22.4 Å². The first kappa shape index (κ1) is 17.6. The predicted octanol–water partition coefficient (Wildman–Crippen LogP) is 3.85. The lowest BCUT2D eigenvalue weighted by molar-refractivity contribution is 0.412. The van der Waals surface area contributed by atoms with Gasteiger partial charge in [-0.25, -0.2) is 4.57 Å². The molecule has 0 fully saturated rings. The van der Waals surface area contributed by atoms with Crippen LogP contribution in [0.5, 0.6) is 5.75 Å². The molecule has 4 aromatic rings. The van der Waals surface area contributed by atoms with E-state index in [0.717, 1.165) is 28.4 Å². The quantitative estimate of drug-likeness (QED) is 0.492. The van der Waals surface area contributed by atoms with Crippen molar-refractivity contribution < 1.29 is 4.74 Å². The smallest absolute Gasteiger partial charge is 0.267 e. The largest absolute Gasteiger partial charge is 0.495 e. The van der Waals surface area contributed by atoms with Gasteiger partial charge in [0.05, 0.1) is 23.7 Å². The third-order valence-electron chi connectivity index (χ3n) is 4.41. The Morgan fingerprint density at radius 2 is 1.96 bits per heavy atom. The van der Waals surface area contributed by atoms with E-state index in [4.69, 9.17) is 4.74 Å². The van der Waals surface area contributed by atoms with Crippen LogP contribution in [-0.2, 0) is 0 Å². The summed E-state index contributed by atoms with van der Waals surface area (Å²) < 4.78 is 9.07. The van der Waals surface area contributed by atoms with Crippen molar-refractivity contribution in [2.45, 2.75) is 25.4 Å². The standard InChI is InChI=1S/C20H20N4O2S/c1-4-11-27-20-22-21-19-23(16-12-13(2)9-10-17(16)26-3)18(25)14-7-5-6-8-15(14)24(19)20/h5-10,12H,4,11H2,1-3H3. The Bertz CT molecular complexity index is 1200. The molecule has 0 aliphatic rings. The summed E-state index contributed by atoms with van der Waals surface area (Å²) in [6.07, 6.45) is 1.03. The van der Waals surface area contributed by atoms with E-state index in [-0.39, 0.29) is 5.56 Å². The number of thioether (sulfide) groups is 1. The number of benzene rings is 2. The maximum atomic E-state index is 13.4. The lowest BCUT2D eigenvalue weighted by Gasteiger charge is -2.14. The molecule has 0 saturated heterocycles. The number of para-hydroxylation sites is 1. The fraction of sp³-hybridized carbons (Fsp3) is 0.250. The van der Waals surface area contributed by atoms with Crippen LogP contribution in [-0.4, -0.2) is 32.0 Å². The highest BCUT2D eigenvalue weighted by molar-refractivity contribution is 7.99. The molecule has 0 spiro atoms. The number of hydrogen-bond donors (Lipinski definition) is 0. The Morgan fingerprint density at radius 3 is 2.74 bits per heavy atom. The van der Waals surface area contributed by atoms with Crippen LogP contribution >= 0.6 is 11.8 Å². The second kappa shape index (κ2) is 7.08. The van der Waals surface area contributed by atoms with Gasteiger partial charge in [0.15, 0.2) is 5.16 Å². The molecule has 4 rings (SSSR count). The molecule has 0 unspecified atom stereocenters. The van der Waals surface area contributed by atoms with E-state index in [1.807, 2.05) is 53.8 Å². The van der Waals surface area contributed by atoms with Crippen LogP contribution in [0.4, 0.5) is 0 Å². The maximum absolute atomic E-state index is 13.4. The summed E-state index contributed by atoms with van der Waals surface area (Å²) in [6.45, 7) is 4.11. The summed E-state index contributed by atoms with van der Waals surface area (Å²) in [5.41, 5.74) is 2.37. The number of rotatable bonds is 5. The van der Waals surface area contributed by atoms with Gasteiger partial charge in [-0.1, -0.05) is 36.9 Å². The third kappa shape index (κ3) is 2.88. The molecule has 0 amide bonds. The number of hydrogen-bond acceptors (Lipinski definition) is 5. The summed E-state index contributed by atoms with van der Waals surface area (Å²) in [5.74, 6) is 2.04. The number of nitrogens with zero attached hydrogens (tertiary/aromatic N) is 4. The second-order valence-corrected chi connectivity index (χ2v) is 7.36. The van der Waals surface area contributed by atoms with Gasteiger partial charge in [-0.05, 0) is 43.2 Å². The average Bonchev–Trinajstić information content (AvgIpc) is 3.10. The van der Waals surface area contributed by atoms with E-state index in [2.05, 4.69) is 17.1 Å². The van der Waals surface area contributed by atoms with Gasteiger partial charge in [0.1, 0.15) is 5.75 Å². The van der Waals surface area contributed by atoms with Crippen LogP contribution in [0.3, 0.4) is 0 Å². The second-order valence-electron chi connectivity index (χ2n) is 6.30. The first-order valence-electron chi connectivity index (χ1n) is 8.82. The van der Waals surface area contributed by atoms with E-state index in [1.54, 1.807) is 23.4 Å². The number of aromatic nitrogens is 4. The van der Waals surface area contributed by atoms with Crippen molar-refractivity contribution in [3.05, 3.63) is 58.4 Å². The summed E-state index contributed by atoms with van der Waals surface area (Å²) in [7, 11) is 1.60. The molecular weight excluding hydrogens is 360 g/mol. The molecule has 0 N–H and O–H groups in total. The highest BCUT2D eigenvalue weighted by Crippen LogP contribution is 2.27. The zero-order chi connectivity index (χ0) is 19.0. The van der Waals surface area contributed by atoms with Crippen molar-refractivity contribution in [3.8, 4) is 11.4 Å². The molecular formula is C20H20N4O2S.